The molecule has 3 heteroatoms. The molecular formula is C7H13NO2. The Morgan fingerprint density at radius 3 is 2.40 bits per heavy atom. The molecule has 0 spiro atoms. The van der Waals surface area contributed by atoms with Crippen LogP contribution in [0.4, 0.5) is 0 Å². The Hall–Kier alpha value is -0.570. The number of nitrogens with one attached hydrogen (secondary N) is 1. The lowest BCUT2D eigenvalue weighted by molar-refractivity contribution is -0.139. The molecule has 1 aliphatic rings. The number of carboxylic acids is 1. The van der Waals surface area contributed by atoms with Gasteiger partial charge in [0.05, 0.1) is 0 Å². The minimum absolute atomic E-state index is 0.315. The predicted molar refractivity (Wildman–Crippen MR) is 37.8 cm³/mol. The van der Waals surface area contributed by atoms with Crippen molar-refractivity contribution in [2.45, 2.75) is 32.4 Å². The van der Waals surface area contributed by atoms with Crippen LogP contribution >= 0.6 is 0 Å². The number of hydrogen-bond acceptors (Lipinski definition) is 2. The van der Waals surface area contributed by atoms with Gasteiger partial charge in [0, 0.05) is 6.04 Å². The zero-order valence-electron chi connectivity index (χ0n) is 6.29. The van der Waals surface area contributed by atoms with Gasteiger partial charge >= 0.3 is 5.97 Å². The fourth-order valence-corrected chi connectivity index (χ4v) is 1.30. The van der Waals surface area contributed by atoms with Gasteiger partial charge in [-0.05, 0) is 19.3 Å². The predicted octanol–water partition coefficient (Wildman–Crippen LogP) is 0.457. The van der Waals surface area contributed by atoms with Gasteiger partial charge in [-0.15, -0.1) is 0 Å². The molecule has 0 aromatic rings. The van der Waals surface area contributed by atoms with E-state index in [0.717, 1.165) is 6.42 Å². The van der Waals surface area contributed by atoms with Crippen LogP contribution in [0.2, 0.25) is 0 Å². The topological polar surface area (TPSA) is 49.3 Å². The number of carboxylic acid groups (broad SMARTS) is 1. The van der Waals surface area contributed by atoms with Crippen LogP contribution in [0.25, 0.3) is 0 Å². The highest BCUT2D eigenvalue weighted by molar-refractivity contribution is 5.73. The van der Waals surface area contributed by atoms with Crippen LogP contribution in [0, 0.1) is 5.92 Å². The lowest BCUT2D eigenvalue weighted by Gasteiger charge is -2.06. The second-order valence-corrected chi connectivity index (χ2v) is 3.06. The van der Waals surface area contributed by atoms with Crippen LogP contribution in [0.15, 0.2) is 0 Å². The molecule has 3 nitrogen and oxygen atoms in total. The van der Waals surface area contributed by atoms with E-state index in [9.17, 15) is 4.79 Å². The van der Waals surface area contributed by atoms with Crippen LogP contribution in [0.5, 0.6) is 0 Å². The van der Waals surface area contributed by atoms with Crippen molar-refractivity contribution in [1.82, 2.24) is 5.32 Å². The molecule has 0 bridgehead atoms. The van der Waals surface area contributed by atoms with Crippen molar-refractivity contribution >= 4 is 5.97 Å². The van der Waals surface area contributed by atoms with Gasteiger partial charge in [0.1, 0.15) is 6.04 Å². The lowest BCUT2D eigenvalue weighted by Crippen LogP contribution is -2.34. The van der Waals surface area contributed by atoms with Crippen molar-refractivity contribution in [2.24, 2.45) is 5.92 Å². The second-order valence-electron chi connectivity index (χ2n) is 3.06. The number of rotatable bonds is 1. The normalized spacial score (nSPS) is 40.0. The second kappa shape index (κ2) is 2.58. The molecule has 2 unspecified atom stereocenters. The average molecular weight is 143 g/mol. The first kappa shape index (κ1) is 7.54. The molecule has 10 heavy (non-hydrogen) atoms. The SMILES string of the molecule is CC1NC(C(=O)O)C[C@@H]1C. The molecule has 2 N–H and O–H groups in total. The van der Waals surface area contributed by atoms with Gasteiger partial charge in [-0.3, -0.25) is 4.79 Å². The fraction of sp³-hybridized carbons (Fsp3) is 0.857. The summed E-state index contributed by atoms with van der Waals surface area (Å²) in [4.78, 5) is 10.4. The highest BCUT2D eigenvalue weighted by Crippen LogP contribution is 2.18. The molecule has 0 aromatic heterocycles. The summed E-state index contributed by atoms with van der Waals surface area (Å²) in [6.45, 7) is 4.09. The Morgan fingerprint density at radius 2 is 2.20 bits per heavy atom. The number of aliphatic carboxylic acids is 1. The van der Waals surface area contributed by atoms with E-state index in [1.165, 1.54) is 0 Å². The first-order valence-electron chi connectivity index (χ1n) is 3.60. The summed E-state index contributed by atoms with van der Waals surface area (Å²) in [5.41, 5.74) is 0. The van der Waals surface area contributed by atoms with Gasteiger partial charge in [0.25, 0.3) is 0 Å². The van der Waals surface area contributed by atoms with E-state index in [1.54, 1.807) is 0 Å². The summed E-state index contributed by atoms with van der Waals surface area (Å²) >= 11 is 0. The van der Waals surface area contributed by atoms with E-state index in [1.807, 2.05) is 6.92 Å². The van der Waals surface area contributed by atoms with E-state index >= 15 is 0 Å². The lowest BCUT2D eigenvalue weighted by atomic mass is 10.0. The van der Waals surface area contributed by atoms with E-state index < -0.39 is 5.97 Å². The molecule has 0 saturated carbocycles. The smallest absolute Gasteiger partial charge is 0.320 e. The van der Waals surface area contributed by atoms with Crippen molar-refractivity contribution in [2.75, 3.05) is 0 Å². The van der Waals surface area contributed by atoms with E-state index in [2.05, 4.69) is 12.2 Å². The maximum atomic E-state index is 10.4. The molecule has 1 saturated heterocycles. The van der Waals surface area contributed by atoms with Crippen LogP contribution in [0.1, 0.15) is 20.3 Å². The van der Waals surface area contributed by atoms with Crippen LogP contribution in [0.3, 0.4) is 0 Å². The number of hydrogen-bond donors (Lipinski definition) is 2. The highest BCUT2D eigenvalue weighted by atomic mass is 16.4. The highest BCUT2D eigenvalue weighted by Gasteiger charge is 2.31. The van der Waals surface area contributed by atoms with E-state index in [4.69, 9.17) is 5.11 Å². The molecule has 0 aromatic carbocycles. The van der Waals surface area contributed by atoms with E-state index in [-0.39, 0.29) is 6.04 Å². The Labute approximate surface area is 60.4 Å². The number of carbonyl (C=O) groups is 1. The Balaban J connectivity index is 2.49. The van der Waals surface area contributed by atoms with Crippen LogP contribution in [-0.2, 0) is 4.79 Å². The van der Waals surface area contributed by atoms with Gasteiger partial charge in [-0.25, -0.2) is 0 Å². The molecule has 1 aliphatic heterocycles. The van der Waals surface area contributed by atoms with Crippen molar-refractivity contribution in [3.63, 3.8) is 0 Å². The molecule has 58 valence electrons. The first-order valence-corrected chi connectivity index (χ1v) is 3.60. The summed E-state index contributed by atoms with van der Waals surface area (Å²) in [6, 6.07) is 0.0334. The third-order valence-electron chi connectivity index (χ3n) is 2.22. The maximum Gasteiger partial charge on any atom is 0.320 e. The third kappa shape index (κ3) is 1.29. The maximum absolute atomic E-state index is 10.4. The largest absolute Gasteiger partial charge is 0.480 e. The quantitative estimate of drug-likeness (QED) is 0.560. The van der Waals surface area contributed by atoms with Crippen molar-refractivity contribution < 1.29 is 9.90 Å². The van der Waals surface area contributed by atoms with Gasteiger partial charge in [0.2, 0.25) is 0 Å². The van der Waals surface area contributed by atoms with Crippen LogP contribution in [-0.4, -0.2) is 23.2 Å². The van der Waals surface area contributed by atoms with Crippen molar-refractivity contribution in [1.29, 1.82) is 0 Å². The minimum Gasteiger partial charge on any atom is -0.480 e. The van der Waals surface area contributed by atoms with Gasteiger partial charge in [-0.2, -0.15) is 0 Å². The molecule has 1 heterocycles. The molecule has 3 atom stereocenters. The molecular weight excluding hydrogens is 130 g/mol. The zero-order valence-corrected chi connectivity index (χ0v) is 6.29. The summed E-state index contributed by atoms with van der Waals surface area (Å²) in [6.07, 6.45) is 0.760. The average Bonchev–Trinajstić information content (AvgIpc) is 2.13. The minimum atomic E-state index is -0.726. The third-order valence-corrected chi connectivity index (χ3v) is 2.22. The van der Waals surface area contributed by atoms with Crippen molar-refractivity contribution in [3.05, 3.63) is 0 Å². The van der Waals surface area contributed by atoms with Crippen LogP contribution < -0.4 is 5.32 Å². The summed E-state index contributed by atoms with van der Waals surface area (Å²) in [7, 11) is 0. The van der Waals surface area contributed by atoms with Crippen molar-refractivity contribution in [3.8, 4) is 0 Å². The van der Waals surface area contributed by atoms with Gasteiger partial charge < -0.3 is 10.4 Å². The Bertz CT molecular complexity index is 137. The Morgan fingerprint density at radius 1 is 1.60 bits per heavy atom. The Kier molecular flexibility index (Phi) is 1.94. The monoisotopic (exact) mass is 143 g/mol. The summed E-state index contributed by atoms with van der Waals surface area (Å²) in [5, 5.41) is 11.6. The van der Waals surface area contributed by atoms with E-state index in [0.29, 0.717) is 12.0 Å². The summed E-state index contributed by atoms with van der Waals surface area (Å²) < 4.78 is 0. The molecule has 0 radical (unpaired) electrons. The van der Waals surface area contributed by atoms with Gasteiger partial charge in [-0.1, -0.05) is 6.92 Å². The fourth-order valence-electron chi connectivity index (χ4n) is 1.30. The molecule has 0 aliphatic carbocycles. The summed E-state index contributed by atoms with van der Waals surface area (Å²) in [5.74, 6) is -0.239. The van der Waals surface area contributed by atoms with Gasteiger partial charge in [0.15, 0.2) is 0 Å². The molecule has 0 amide bonds. The molecule has 1 fully saturated rings. The zero-order chi connectivity index (χ0) is 7.72. The standard InChI is InChI=1S/C7H13NO2/c1-4-3-6(7(9)10)8-5(4)2/h4-6,8H,3H2,1-2H3,(H,9,10)/t4-,5?,6?/m0/s1. The molecule has 1 rings (SSSR count). The first-order chi connectivity index (χ1) is 4.61.